The Labute approximate surface area is 126 Å². The fraction of sp³-hybridized carbons (Fsp3) is 0.688. The number of hydrogen-bond donors (Lipinski definition) is 1. The summed E-state index contributed by atoms with van der Waals surface area (Å²) < 4.78 is 0. The molecule has 3 saturated heterocycles. The maximum absolute atomic E-state index is 10.1. The summed E-state index contributed by atoms with van der Waals surface area (Å²) in [5.41, 5.74) is 1.55. The van der Waals surface area contributed by atoms with Crippen LogP contribution in [0, 0.1) is 0 Å². The first kappa shape index (κ1) is 13.6. The molecular formula is C16H24N4O. The van der Waals surface area contributed by atoms with Crippen LogP contribution < -0.4 is 0 Å². The maximum Gasteiger partial charge on any atom is 0.0682 e. The Morgan fingerprint density at radius 1 is 1.33 bits per heavy atom. The zero-order valence-corrected chi connectivity index (χ0v) is 12.6. The van der Waals surface area contributed by atoms with Gasteiger partial charge in [0.15, 0.2) is 0 Å². The SMILES string of the molecule is CN1CC2(C1)CN(Cc1cccnc1)C[C@H]1C[C@@H](O)CN12. The molecule has 0 aliphatic carbocycles. The van der Waals surface area contributed by atoms with Gasteiger partial charge in [0.2, 0.25) is 0 Å². The van der Waals surface area contributed by atoms with Crippen molar-refractivity contribution >= 4 is 0 Å². The van der Waals surface area contributed by atoms with Gasteiger partial charge in [-0.15, -0.1) is 0 Å². The van der Waals surface area contributed by atoms with E-state index in [0.717, 1.165) is 45.7 Å². The molecule has 3 fully saturated rings. The number of likely N-dealkylation sites (N-methyl/N-ethyl adjacent to an activating group) is 1. The average molecular weight is 288 g/mol. The number of hydrogen-bond acceptors (Lipinski definition) is 5. The van der Waals surface area contributed by atoms with E-state index in [2.05, 4.69) is 32.8 Å². The number of aliphatic hydroxyl groups is 1. The van der Waals surface area contributed by atoms with Crippen molar-refractivity contribution in [1.82, 2.24) is 19.7 Å². The Balaban J connectivity index is 1.52. The van der Waals surface area contributed by atoms with E-state index in [1.54, 1.807) is 0 Å². The lowest BCUT2D eigenvalue weighted by atomic mass is 9.84. The Morgan fingerprint density at radius 2 is 2.19 bits per heavy atom. The normalized spacial score (nSPS) is 33.0. The molecular weight excluding hydrogens is 264 g/mol. The third-order valence-corrected chi connectivity index (χ3v) is 5.25. The molecule has 0 aromatic carbocycles. The van der Waals surface area contributed by atoms with Crippen LogP contribution in [0.5, 0.6) is 0 Å². The number of pyridine rings is 1. The second kappa shape index (κ2) is 5.02. The van der Waals surface area contributed by atoms with E-state index >= 15 is 0 Å². The molecule has 3 aliphatic heterocycles. The van der Waals surface area contributed by atoms with Gasteiger partial charge in [-0.1, -0.05) is 6.07 Å². The van der Waals surface area contributed by atoms with E-state index in [-0.39, 0.29) is 11.6 Å². The molecule has 2 atom stereocenters. The third-order valence-electron chi connectivity index (χ3n) is 5.25. The summed E-state index contributed by atoms with van der Waals surface area (Å²) in [5, 5.41) is 10.1. The fourth-order valence-corrected chi connectivity index (χ4v) is 4.63. The highest BCUT2D eigenvalue weighted by atomic mass is 16.3. The molecule has 5 heteroatoms. The average Bonchev–Trinajstić information content (AvgIpc) is 2.79. The molecule has 1 spiro atoms. The monoisotopic (exact) mass is 288 g/mol. The molecule has 3 aliphatic rings. The smallest absolute Gasteiger partial charge is 0.0682 e. The van der Waals surface area contributed by atoms with Crippen molar-refractivity contribution in [3.05, 3.63) is 30.1 Å². The van der Waals surface area contributed by atoms with Crippen LogP contribution in [-0.4, -0.2) is 82.2 Å². The molecule has 0 bridgehead atoms. The molecule has 0 saturated carbocycles. The number of rotatable bonds is 2. The van der Waals surface area contributed by atoms with E-state index in [0.29, 0.717) is 6.04 Å². The molecule has 0 radical (unpaired) electrons. The van der Waals surface area contributed by atoms with Gasteiger partial charge < -0.3 is 10.0 Å². The number of likely N-dealkylation sites (tertiary alicyclic amines) is 1. The molecule has 1 aromatic rings. The standard InChI is InChI=1S/C16H24N4O/c1-18-10-16(11-18)12-19(7-13-3-2-4-17-6-13)8-14-5-15(21)9-20(14)16/h2-4,6,14-15,21H,5,7-12H2,1H3/t14-,15-/m1/s1. The summed E-state index contributed by atoms with van der Waals surface area (Å²) in [6.07, 6.45) is 4.58. The molecule has 1 N–H and O–H groups in total. The molecule has 1 aromatic heterocycles. The lowest BCUT2D eigenvalue weighted by molar-refractivity contribution is -0.107. The molecule has 21 heavy (non-hydrogen) atoms. The number of nitrogens with zero attached hydrogens (tertiary/aromatic N) is 4. The summed E-state index contributed by atoms with van der Waals surface area (Å²) >= 11 is 0. The lowest BCUT2D eigenvalue weighted by Crippen LogP contribution is -2.77. The van der Waals surface area contributed by atoms with E-state index in [1.165, 1.54) is 5.56 Å². The van der Waals surface area contributed by atoms with Crippen molar-refractivity contribution in [2.24, 2.45) is 0 Å². The van der Waals surface area contributed by atoms with Gasteiger partial charge in [0.25, 0.3) is 0 Å². The first-order valence-electron chi connectivity index (χ1n) is 7.89. The van der Waals surface area contributed by atoms with Crippen LogP contribution in [0.1, 0.15) is 12.0 Å². The molecule has 4 rings (SSSR count). The highest BCUT2D eigenvalue weighted by Gasteiger charge is 2.54. The maximum atomic E-state index is 10.1. The van der Waals surface area contributed by atoms with Crippen LogP contribution in [0.15, 0.2) is 24.5 Å². The minimum absolute atomic E-state index is 0.142. The van der Waals surface area contributed by atoms with Crippen molar-refractivity contribution in [3.63, 3.8) is 0 Å². The predicted molar refractivity (Wildman–Crippen MR) is 80.9 cm³/mol. The van der Waals surface area contributed by atoms with Gasteiger partial charge in [-0.3, -0.25) is 14.8 Å². The van der Waals surface area contributed by atoms with Crippen molar-refractivity contribution in [1.29, 1.82) is 0 Å². The van der Waals surface area contributed by atoms with Gasteiger partial charge >= 0.3 is 0 Å². The van der Waals surface area contributed by atoms with Crippen molar-refractivity contribution in [3.8, 4) is 0 Å². The summed E-state index contributed by atoms with van der Waals surface area (Å²) in [6.45, 7) is 6.26. The second-order valence-corrected chi connectivity index (χ2v) is 7.12. The molecule has 0 unspecified atom stereocenters. The van der Waals surface area contributed by atoms with Crippen molar-refractivity contribution in [2.75, 3.05) is 39.8 Å². The third kappa shape index (κ3) is 2.38. The number of aromatic nitrogens is 1. The highest BCUT2D eigenvalue weighted by molar-refractivity contribution is 5.15. The Kier molecular flexibility index (Phi) is 3.26. The van der Waals surface area contributed by atoms with Crippen molar-refractivity contribution in [2.45, 2.75) is 30.7 Å². The largest absolute Gasteiger partial charge is 0.392 e. The lowest BCUT2D eigenvalue weighted by Gasteiger charge is -2.60. The quantitative estimate of drug-likeness (QED) is 0.831. The predicted octanol–water partition coefficient (Wildman–Crippen LogP) is 0.0166. The minimum atomic E-state index is -0.142. The van der Waals surface area contributed by atoms with E-state index in [1.807, 2.05) is 18.5 Å². The van der Waals surface area contributed by atoms with Crippen LogP contribution in [-0.2, 0) is 6.54 Å². The van der Waals surface area contributed by atoms with Gasteiger partial charge in [-0.05, 0) is 25.1 Å². The fourth-order valence-electron chi connectivity index (χ4n) is 4.63. The van der Waals surface area contributed by atoms with Crippen LogP contribution in [0.4, 0.5) is 0 Å². The summed E-state index contributed by atoms with van der Waals surface area (Å²) in [6, 6.07) is 4.68. The molecule has 4 heterocycles. The first-order valence-corrected chi connectivity index (χ1v) is 7.89. The van der Waals surface area contributed by atoms with Crippen LogP contribution in [0.25, 0.3) is 0 Å². The van der Waals surface area contributed by atoms with Gasteiger partial charge in [-0.25, -0.2) is 0 Å². The van der Waals surface area contributed by atoms with Crippen molar-refractivity contribution < 1.29 is 5.11 Å². The topological polar surface area (TPSA) is 42.8 Å². The van der Waals surface area contributed by atoms with Crippen LogP contribution in [0.2, 0.25) is 0 Å². The number of fused-ring (bicyclic) bond motifs is 2. The van der Waals surface area contributed by atoms with Gasteiger partial charge in [0.1, 0.15) is 0 Å². The van der Waals surface area contributed by atoms with E-state index in [4.69, 9.17) is 0 Å². The minimum Gasteiger partial charge on any atom is -0.392 e. The Morgan fingerprint density at radius 3 is 2.90 bits per heavy atom. The number of β-amino-alcohol motifs (C(OH)–C–C–N with tert-alkyl or cyclic N) is 1. The van der Waals surface area contributed by atoms with Gasteiger partial charge in [-0.2, -0.15) is 0 Å². The highest BCUT2D eigenvalue weighted by Crippen LogP contribution is 2.38. The number of piperazine rings is 1. The van der Waals surface area contributed by atoms with E-state index in [9.17, 15) is 5.11 Å². The summed E-state index contributed by atoms with van der Waals surface area (Å²) in [5.74, 6) is 0. The van der Waals surface area contributed by atoms with E-state index < -0.39 is 0 Å². The van der Waals surface area contributed by atoms with Gasteiger partial charge in [0, 0.05) is 57.7 Å². The second-order valence-electron chi connectivity index (χ2n) is 7.12. The Hall–Kier alpha value is -1.01. The number of aliphatic hydroxyl groups excluding tert-OH is 1. The van der Waals surface area contributed by atoms with Gasteiger partial charge in [0.05, 0.1) is 11.6 Å². The summed E-state index contributed by atoms with van der Waals surface area (Å²) in [4.78, 5) is 11.8. The zero-order valence-electron chi connectivity index (χ0n) is 12.6. The zero-order chi connectivity index (χ0) is 14.4. The first-order chi connectivity index (χ1) is 10.1. The Bertz CT molecular complexity index is 502. The summed E-state index contributed by atoms with van der Waals surface area (Å²) in [7, 11) is 2.19. The molecule has 114 valence electrons. The molecule has 5 nitrogen and oxygen atoms in total. The van der Waals surface area contributed by atoms with Crippen LogP contribution in [0.3, 0.4) is 0 Å². The van der Waals surface area contributed by atoms with Crippen LogP contribution >= 0.6 is 0 Å². The molecule has 0 amide bonds.